The van der Waals surface area contributed by atoms with Crippen molar-refractivity contribution in [1.29, 1.82) is 0 Å². The van der Waals surface area contributed by atoms with Gasteiger partial charge in [-0.15, -0.1) is 0 Å². The van der Waals surface area contributed by atoms with Crippen molar-refractivity contribution in [1.82, 2.24) is 15.0 Å². The Morgan fingerprint density at radius 1 is 1.23 bits per heavy atom. The number of furan rings is 1. The van der Waals surface area contributed by atoms with E-state index in [4.69, 9.17) is 4.42 Å². The Morgan fingerprint density at radius 3 is 2.57 bits per heavy atom. The van der Waals surface area contributed by atoms with E-state index in [0.29, 0.717) is 35.0 Å². The van der Waals surface area contributed by atoms with E-state index in [-0.39, 0.29) is 35.8 Å². The second-order valence-corrected chi connectivity index (χ2v) is 9.57. The summed E-state index contributed by atoms with van der Waals surface area (Å²) >= 11 is 0. The first kappa shape index (κ1) is 26.0. The molecule has 0 aliphatic carbocycles. The fourth-order valence-electron chi connectivity index (χ4n) is 3.46. The van der Waals surface area contributed by atoms with Crippen LogP contribution in [0.2, 0.25) is 0 Å². The van der Waals surface area contributed by atoms with E-state index in [1.54, 1.807) is 6.07 Å². The smallest absolute Gasteiger partial charge is 0.305 e. The van der Waals surface area contributed by atoms with E-state index in [0.717, 1.165) is 0 Å². The van der Waals surface area contributed by atoms with E-state index in [2.05, 4.69) is 26.3 Å². The first-order chi connectivity index (χ1) is 16.7. The third kappa shape index (κ3) is 6.31. The van der Waals surface area contributed by atoms with E-state index in [1.807, 2.05) is 0 Å². The van der Waals surface area contributed by atoms with Crippen molar-refractivity contribution in [2.75, 3.05) is 19.9 Å². The van der Waals surface area contributed by atoms with E-state index in [9.17, 15) is 22.4 Å². The van der Waals surface area contributed by atoms with Gasteiger partial charge in [-0.3, -0.25) is 9.59 Å². The lowest BCUT2D eigenvalue weighted by atomic mass is 10.0. The van der Waals surface area contributed by atoms with Crippen LogP contribution in [-0.2, 0) is 26.1 Å². The number of fused-ring (bicyclic) bond motifs is 1. The molecule has 0 unspecified atom stereocenters. The molecule has 0 fully saturated rings. The second kappa shape index (κ2) is 11.2. The van der Waals surface area contributed by atoms with E-state index < -0.39 is 27.7 Å². The number of hydrogen-bond acceptors (Lipinski definition) is 7. The first-order valence-electron chi connectivity index (χ1n) is 10.8. The van der Waals surface area contributed by atoms with E-state index >= 15 is 0 Å². The van der Waals surface area contributed by atoms with Gasteiger partial charge < -0.3 is 14.5 Å². The second-order valence-electron chi connectivity index (χ2n) is 7.65. The zero-order chi connectivity index (χ0) is 25.6. The molecule has 35 heavy (non-hydrogen) atoms. The molecular formula is C24H26FN3O6S. The standard InChI is InChI=1S/C24H26FN3O6S/c1-4-15-13-18-21(23(30)26-2)22(16-8-10-17(25)11-9-16)34-24(18)28-19(15)14-27-35(31,32)12-6-5-7-20(29)33-3/h4,8-11,13,27H,1,5-7,12,14H2,2-3H3,(H,26,30). The molecule has 0 aliphatic heterocycles. The SMILES string of the molecule is C=Cc1cc2c(C(=O)NC)c(-c3ccc(F)cc3)oc2nc1CNS(=O)(=O)CCCCC(=O)OC. The van der Waals surface area contributed by atoms with Crippen molar-refractivity contribution in [3.63, 3.8) is 0 Å². The maximum Gasteiger partial charge on any atom is 0.305 e. The van der Waals surface area contributed by atoms with Gasteiger partial charge in [0, 0.05) is 19.0 Å². The molecule has 3 rings (SSSR count). The summed E-state index contributed by atoms with van der Waals surface area (Å²) in [6.07, 6.45) is 2.33. The highest BCUT2D eigenvalue weighted by atomic mass is 32.2. The monoisotopic (exact) mass is 503 g/mol. The van der Waals surface area contributed by atoms with Gasteiger partial charge in [0.25, 0.3) is 5.91 Å². The lowest BCUT2D eigenvalue weighted by Crippen LogP contribution is -2.26. The number of sulfonamides is 1. The normalized spacial score (nSPS) is 11.4. The van der Waals surface area contributed by atoms with Crippen LogP contribution in [0.1, 0.15) is 40.9 Å². The number of amides is 1. The summed E-state index contributed by atoms with van der Waals surface area (Å²) in [7, 11) is -0.880. The largest absolute Gasteiger partial charge is 0.469 e. The van der Waals surface area contributed by atoms with Crippen LogP contribution in [0.3, 0.4) is 0 Å². The van der Waals surface area contributed by atoms with Crippen molar-refractivity contribution < 1.29 is 31.6 Å². The molecule has 2 aromatic heterocycles. The number of pyridine rings is 1. The first-order valence-corrected chi connectivity index (χ1v) is 12.4. The Balaban J connectivity index is 1.89. The van der Waals surface area contributed by atoms with Gasteiger partial charge in [0.15, 0.2) is 0 Å². The maximum atomic E-state index is 13.4. The Kier molecular flexibility index (Phi) is 8.36. The molecule has 0 radical (unpaired) electrons. The number of ether oxygens (including phenoxy) is 1. The van der Waals surface area contributed by atoms with Gasteiger partial charge in [-0.2, -0.15) is 0 Å². The molecule has 2 heterocycles. The average molecular weight is 504 g/mol. The Labute approximate surface area is 202 Å². The van der Waals surface area contributed by atoms with Crippen LogP contribution in [0.5, 0.6) is 0 Å². The molecule has 0 spiro atoms. The van der Waals surface area contributed by atoms with Crippen molar-refractivity contribution in [3.05, 3.63) is 59.5 Å². The van der Waals surface area contributed by atoms with Crippen molar-refractivity contribution in [2.24, 2.45) is 0 Å². The molecule has 0 saturated carbocycles. The predicted octanol–water partition coefficient (Wildman–Crippen LogP) is 3.40. The van der Waals surface area contributed by atoms with Crippen LogP contribution in [0, 0.1) is 5.82 Å². The number of halogens is 1. The highest BCUT2D eigenvalue weighted by molar-refractivity contribution is 7.89. The summed E-state index contributed by atoms with van der Waals surface area (Å²) in [6, 6.07) is 7.14. The average Bonchev–Trinajstić information content (AvgIpc) is 3.22. The summed E-state index contributed by atoms with van der Waals surface area (Å²) in [6.45, 7) is 3.64. The Morgan fingerprint density at radius 2 is 1.94 bits per heavy atom. The van der Waals surface area contributed by atoms with Crippen LogP contribution in [0.4, 0.5) is 4.39 Å². The van der Waals surface area contributed by atoms with Gasteiger partial charge in [-0.25, -0.2) is 22.5 Å². The molecule has 1 aromatic carbocycles. The van der Waals surface area contributed by atoms with Gasteiger partial charge >= 0.3 is 5.97 Å². The van der Waals surface area contributed by atoms with Crippen LogP contribution in [0.25, 0.3) is 28.5 Å². The van der Waals surface area contributed by atoms with Crippen LogP contribution in [-0.4, -0.2) is 45.2 Å². The third-order valence-corrected chi connectivity index (χ3v) is 6.72. The van der Waals surface area contributed by atoms with Gasteiger partial charge in [0.1, 0.15) is 11.6 Å². The molecule has 11 heteroatoms. The number of benzene rings is 1. The number of esters is 1. The minimum atomic E-state index is -3.64. The van der Waals surface area contributed by atoms with Crippen molar-refractivity contribution in [3.8, 4) is 11.3 Å². The van der Waals surface area contributed by atoms with Gasteiger partial charge in [-0.1, -0.05) is 12.7 Å². The Hall–Kier alpha value is -3.57. The van der Waals surface area contributed by atoms with Crippen LogP contribution in [0.15, 0.2) is 41.3 Å². The number of carbonyl (C=O) groups is 2. The van der Waals surface area contributed by atoms with Crippen LogP contribution < -0.4 is 10.0 Å². The van der Waals surface area contributed by atoms with Gasteiger partial charge in [-0.05, 0) is 48.7 Å². The number of unbranched alkanes of at least 4 members (excludes halogenated alkanes) is 1. The highest BCUT2D eigenvalue weighted by Crippen LogP contribution is 2.34. The van der Waals surface area contributed by atoms with E-state index in [1.165, 1.54) is 44.5 Å². The highest BCUT2D eigenvalue weighted by Gasteiger charge is 2.24. The Bertz CT molecular complexity index is 1350. The summed E-state index contributed by atoms with van der Waals surface area (Å²) in [4.78, 5) is 28.3. The maximum absolute atomic E-state index is 13.4. The molecule has 2 N–H and O–H groups in total. The molecule has 1 amide bonds. The number of aromatic nitrogens is 1. The number of nitrogens with zero attached hydrogens (tertiary/aromatic N) is 1. The molecule has 3 aromatic rings. The fraction of sp³-hybridized carbons (Fsp3) is 0.292. The summed E-state index contributed by atoms with van der Waals surface area (Å²) in [5, 5.41) is 2.98. The lowest BCUT2D eigenvalue weighted by Gasteiger charge is -2.09. The zero-order valence-electron chi connectivity index (χ0n) is 19.4. The summed E-state index contributed by atoms with van der Waals surface area (Å²) in [5.41, 5.74) is 1.71. The fourth-order valence-corrected chi connectivity index (χ4v) is 4.55. The number of methoxy groups -OCH3 is 1. The lowest BCUT2D eigenvalue weighted by molar-refractivity contribution is -0.140. The van der Waals surface area contributed by atoms with Crippen molar-refractivity contribution in [2.45, 2.75) is 25.8 Å². The number of hydrogen-bond donors (Lipinski definition) is 2. The van der Waals surface area contributed by atoms with Gasteiger partial charge in [0.05, 0.1) is 36.1 Å². The number of nitrogens with one attached hydrogen (secondary N) is 2. The van der Waals surface area contributed by atoms with Crippen LogP contribution >= 0.6 is 0 Å². The molecule has 0 atom stereocenters. The molecule has 9 nitrogen and oxygen atoms in total. The van der Waals surface area contributed by atoms with Crippen molar-refractivity contribution >= 4 is 39.1 Å². The minimum absolute atomic E-state index is 0.126. The molecule has 0 bridgehead atoms. The predicted molar refractivity (Wildman–Crippen MR) is 129 cm³/mol. The molecular weight excluding hydrogens is 477 g/mol. The number of carbonyl (C=O) groups excluding carboxylic acids is 2. The number of rotatable bonds is 11. The molecule has 186 valence electrons. The zero-order valence-corrected chi connectivity index (χ0v) is 20.2. The van der Waals surface area contributed by atoms with Gasteiger partial charge in [0.2, 0.25) is 15.7 Å². The summed E-state index contributed by atoms with van der Waals surface area (Å²) in [5.74, 6) is -1.19. The topological polar surface area (TPSA) is 128 Å². The summed E-state index contributed by atoms with van der Waals surface area (Å²) < 4.78 is 51.1. The molecule has 0 saturated heterocycles. The molecule has 0 aliphatic rings. The third-order valence-electron chi connectivity index (χ3n) is 5.31. The quantitative estimate of drug-likeness (QED) is 0.303. The minimum Gasteiger partial charge on any atom is -0.469 e.